The molecular weight excluding hydrogens is 260 g/mol. The number of hydrogen-bond acceptors (Lipinski definition) is 4. The zero-order valence-electron chi connectivity index (χ0n) is 10.5. The van der Waals surface area contributed by atoms with Crippen LogP contribution in [0.3, 0.4) is 0 Å². The van der Waals surface area contributed by atoms with Gasteiger partial charge in [-0.2, -0.15) is 0 Å². The average molecular weight is 276 g/mol. The SMILES string of the molecule is O=S1(=O)CCCC(Nc2cccc3ncccc23)C1. The molecule has 1 aromatic carbocycles. The van der Waals surface area contributed by atoms with Gasteiger partial charge in [-0.05, 0) is 37.1 Å². The van der Waals surface area contributed by atoms with Gasteiger partial charge in [0.25, 0.3) is 0 Å². The van der Waals surface area contributed by atoms with E-state index in [0.717, 1.165) is 29.4 Å². The second kappa shape index (κ2) is 4.81. The summed E-state index contributed by atoms with van der Waals surface area (Å²) in [4.78, 5) is 4.31. The van der Waals surface area contributed by atoms with Crippen LogP contribution in [0.15, 0.2) is 36.5 Å². The van der Waals surface area contributed by atoms with E-state index in [-0.39, 0.29) is 11.8 Å². The average Bonchev–Trinajstić information content (AvgIpc) is 2.38. The maximum atomic E-state index is 11.7. The first kappa shape index (κ1) is 12.4. The van der Waals surface area contributed by atoms with Crippen molar-refractivity contribution in [3.8, 4) is 0 Å². The van der Waals surface area contributed by atoms with Crippen LogP contribution in [0.4, 0.5) is 5.69 Å². The van der Waals surface area contributed by atoms with Gasteiger partial charge in [-0.25, -0.2) is 8.42 Å². The molecule has 1 atom stereocenters. The molecule has 1 aliphatic heterocycles. The molecule has 4 nitrogen and oxygen atoms in total. The molecule has 19 heavy (non-hydrogen) atoms. The number of fused-ring (bicyclic) bond motifs is 1. The van der Waals surface area contributed by atoms with E-state index in [1.54, 1.807) is 6.20 Å². The Kier molecular flexibility index (Phi) is 3.14. The molecule has 1 aliphatic rings. The highest BCUT2D eigenvalue weighted by molar-refractivity contribution is 7.91. The van der Waals surface area contributed by atoms with Crippen molar-refractivity contribution >= 4 is 26.4 Å². The van der Waals surface area contributed by atoms with E-state index in [1.165, 1.54) is 0 Å². The third-order valence-corrected chi connectivity index (χ3v) is 5.29. The molecule has 0 amide bonds. The topological polar surface area (TPSA) is 59.1 Å². The molecule has 1 unspecified atom stereocenters. The molecule has 0 aliphatic carbocycles. The molecular formula is C14H16N2O2S. The molecule has 0 spiro atoms. The monoisotopic (exact) mass is 276 g/mol. The Bertz CT molecular complexity index is 692. The Morgan fingerprint density at radius 3 is 2.95 bits per heavy atom. The molecule has 1 aromatic heterocycles. The van der Waals surface area contributed by atoms with E-state index in [9.17, 15) is 8.42 Å². The third-order valence-electron chi connectivity index (χ3n) is 3.47. The van der Waals surface area contributed by atoms with E-state index in [4.69, 9.17) is 0 Å². The highest BCUT2D eigenvalue weighted by Crippen LogP contribution is 2.24. The Labute approximate surface area is 112 Å². The van der Waals surface area contributed by atoms with Crippen LogP contribution < -0.4 is 5.32 Å². The second-order valence-corrected chi connectivity index (χ2v) is 7.20. The van der Waals surface area contributed by atoms with Crippen molar-refractivity contribution in [1.29, 1.82) is 0 Å². The summed E-state index contributed by atoms with van der Waals surface area (Å²) in [5.74, 6) is 0.548. The smallest absolute Gasteiger partial charge is 0.152 e. The lowest BCUT2D eigenvalue weighted by Crippen LogP contribution is -2.34. The predicted molar refractivity (Wildman–Crippen MR) is 77.0 cm³/mol. The molecule has 0 saturated carbocycles. The van der Waals surface area contributed by atoms with Crippen LogP contribution in [0.25, 0.3) is 10.9 Å². The molecule has 0 radical (unpaired) electrons. The van der Waals surface area contributed by atoms with Crippen LogP contribution in [-0.2, 0) is 9.84 Å². The first-order valence-electron chi connectivity index (χ1n) is 6.45. The number of sulfone groups is 1. The van der Waals surface area contributed by atoms with E-state index >= 15 is 0 Å². The van der Waals surface area contributed by atoms with E-state index in [2.05, 4.69) is 10.3 Å². The van der Waals surface area contributed by atoms with Gasteiger partial charge in [0.05, 0.1) is 17.0 Å². The normalized spacial score (nSPS) is 22.2. The van der Waals surface area contributed by atoms with E-state index in [1.807, 2.05) is 30.3 Å². The Hall–Kier alpha value is -1.62. The van der Waals surface area contributed by atoms with Gasteiger partial charge < -0.3 is 5.32 Å². The quantitative estimate of drug-likeness (QED) is 0.913. The highest BCUT2D eigenvalue weighted by Gasteiger charge is 2.24. The van der Waals surface area contributed by atoms with Crippen molar-refractivity contribution in [1.82, 2.24) is 4.98 Å². The number of nitrogens with one attached hydrogen (secondary N) is 1. The molecule has 2 heterocycles. The minimum Gasteiger partial charge on any atom is -0.381 e. The largest absolute Gasteiger partial charge is 0.381 e. The van der Waals surface area contributed by atoms with Crippen LogP contribution in [0.2, 0.25) is 0 Å². The fourth-order valence-electron chi connectivity index (χ4n) is 2.59. The minimum absolute atomic E-state index is 0.00422. The maximum absolute atomic E-state index is 11.7. The van der Waals surface area contributed by atoms with Crippen molar-refractivity contribution in [2.24, 2.45) is 0 Å². The van der Waals surface area contributed by atoms with Gasteiger partial charge in [-0.1, -0.05) is 6.07 Å². The molecule has 1 fully saturated rings. The summed E-state index contributed by atoms with van der Waals surface area (Å²) in [7, 11) is -2.88. The minimum atomic E-state index is -2.88. The summed E-state index contributed by atoms with van der Waals surface area (Å²) in [6.07, 6.45) is 3.40. The van der Waals surface area contributed by atoms with Gasteiger partial charge in [0.2, 0.25) is 0 Å². The van der Waals surface area contributed by atoms with Gasteiger partial charge in [-0.15, -0.1) is 0 Å². The predicted octanol–water partition coefficient (Wildman–Crippen LogP) is 2.22. The molecule has 2 aromatic rings. The lowest BCUT2D eigenvalue weighted by Gasteiger charge is -2.24. The third kappa shape index (κ3) is 2.71. The summed E-state index contributed by atoms with van der Waals surface area (Å²) in [5, 5.41) is 4.40. The molecule has 1 N–H and O–H groups in total. The Balaban J connectivity index is 1.89. The first-order valence-corrected chi connectivity index (χ1v) is 8.27. The standard InChI is InChI=1S/C14H16N2O2S/c17-19(18)9-3-4-11(10-19)16-14-7-1-6-13-12(14)5-2-8-15-13/h1-2,5-8,11,16H,3-4,9-10H2. The summed E-state index contributed by atoms with van der Waals surface area (Å²) < 4.78 is 23.3. The van der Waals surface area contributed by atoms with Crippen molar-refractivity contribution in [2.45, 2.75) is 18.9 Å². The molecule has 0 bridgehead atoms. The number of rotatable bonds is 2. The second-order valence-electron chi connectivity index (χ2n) is 4.97. The fraction of sp³-hybridized carbons (Fsp3) is 0.357. The fourth-order valence-corrected chi connectivity index (χ4v) is 4.22. The van der Waals surface area contributed by atoms with Crippen molar-refractivity contribution < 1.29 is 8.42 Å². The van der Waals surface area contributed by atoms with Crippen LogP contribution >= 0.6 is 0 Å². The van der Waals surface area contributed by atoms with Crippen LogP contribution in [0, 0.1) is 0 Å². The lowest BCUT2D eigenvalue weighted by molar-refractivity contribution is 0.562. The number of pyridine rings is 1. The maximum Gasteiger partial charge on any atom is 0.152 e. The van der Waals surface area contributed by atoms with Crippen molar-refractivity contribution in [3.05, 3.63) is 36.5 Å². The summed E-state index contributed by atoms with van der Waals surface area (Å²) >= 11 is 0. The van der Waals surface area contributed by atoms with E-state index in [0.29, 0.717) is 5.75 Å². The Morgan fingerprint density at radius 2 is 2.11 bits per heavy atom. The van der Waals surface area contributed by atoms with Crippen molar-refractivity contribution in [2.75, 3.05) is 16.8 Å². The molecule has 3 rings (SSSR count). The zero-order valence-corrected chi connectivity index (χ0v) is 11.4. The lowest BCUT2D eigenvalue weighted by atomic mass is 10.1. The summed E-state index contributed by atoms with van der Waals surface area (Å²) in [6, 6.07) is 9.77. The highest BCUT2D eigenvalue weighted by atomic mass is 32.2. The zero-order chi connectivity index (χ0) is 13.3. The summed E-state index contributed by atoms with van der Waals surface area (Å²) in [5.41, 5.74) is 1.89. The van der Waals surface area contributed by atoms with Crippen LogP contribution in [0.5, 0.6) is 0 Å². The van der Waals surface area contributed by atoms with Gasteiger partial charge >= 0.3 is 0 Å². The first-order chi connectivity index (χ1) is 9.14. The van der Waals surface area contributed by atoms with Crippen molar-refractivity contribution in [3.63, 3.8) is 0 Å². The number of aromatic nitrogens is 1. The van der Waals surface area contributed by atoms with Gasteiger partial charge in [0, 0.05) is 23.3 Å². The van der Waals surface area contributed by atoms with E-state index < -0.39 is 9.84 Å². The van der Waals surface area contributed by atoms with Gasteiger partial charge in [-0.3, -0.25) is 4.98 Å². The number of hydrogen-bond donors (Lipinski definition) is 1. The molecule has 5 heteroatoms. The number of anilines is 1. The molecule has 1 saturated heterocycles. The Morgan fingerprint density at radius 1 is 1.21 bits per heavy atom. The number of nitrogens with zero attached hydrogens (tertiary/aromatic N) is 1. The summed E-state index contributed by atoms with van der Waals surface area (Å²) in [6.45, 7) is 0. The van der Waals surface area contributed by atoms with Gasteiger partial charge in [0.15, 0.2) is 9.84 Å². The number of benzene rings is 1. The van der Waals surface area contributed by atoms with Crippen LogP contribution in [0.1, 0.15) is 12.8 Å². The molecule has 100 valence electrons. The van der Waals surface area contributed by atoms with Gasteiger partial charge in [0.1, 0.15) is 0 Å². The van der Waals surface area contributed by atoms with Crippen LogP contribution in [-0.4, -0.2) is 30.9 Å².